The van der Waals surface area contributed by atoms with Crippen molar-refractivity contribution >= 4 is 38.6 Å². The molecule has 0 saturated carbocycles. The summed E-state index contributed by atoms with van der Waals surface area (Å²) in [5, 5.41) is 0. The fourth-order valence-electron chi connectivity index (χ4n) is 4.36. The van der Waals surface area contributed by atoms with Gasteiger partial charge in [0.1, 0.15) is 0 Å². The maximum atomic E-state index is 13.8. The van der Waals surface area contributed by atoms with E-state index in [-0.39, 0.29) is 21.6 Å². The summed E-state index contributed by atoms with van der Waals surface area (Å²) in [4.78, 5) is 41.6. The van der Waals surface area contributed by atoms with Crippen LogP contribution in [0.15, 0.2) is 65.6 Å². The number of ketones is 1. The van der Waals surface area contributed by atoms with Gasteiger partial charge in [0.2, 0.25) is 0 Å². The summed E-state index contributed by atoms with van der Waals surface area (Å²) < 4.78 is 44.9. The number of rotatable bonds is 10. The highest BCUT2D eigenvalue weighted by Gasteiger charge is 2.41. The normalized spacial score (nSPS) is 13.5. The molecule has 0 aromatic heterocycles. The third kappa shape index (κ3) is 5.28. The van der Waals surface area contributed by atoms with Crippen molar-refractivity contribution in [3.8, 4) is 23.0 Å². The van der Waals surface area contributed by atoms with E-state index in [0.717, 1.165) is 11.2 Å². The zero-order valence-corrected chi connectivity index (χ0v) is 23.3. The lowest BCUT2D eigenvalue weighted by molar-refractivity contribution is -0.135. The Bertz CT molecular complexity index is 1560. The predicted octanol–water partition coefficient (Wildman–Crippen LogP) is 3.29. The number of hydrogen-bond acceptors (Lipinski definition) is 9. The van der Waals surface area contributed by atoms with Gasteiger partial charge in [-0.05, 0) is 47.5 Å². The molecule has 0 atom stereocenters. The van der Waals surface area contributed by atoms with Gasteiger partial charge in [-0.3, -0.25) is 19.3 Å². The number of carbonyl (C=O) groups excluding carboxylic acids is 3. The van der Waals surface area contributed by atoms with Crippen LogP contribution in [0.1, 0.15) is 21.5 Å². The Morgan fingerprint density at radius 2 is 1.10 bits per heavy atom. The molecule has 0 aliphatic carbocycles. The summed E-state index contributed by atoms with van der Waals surface area (Å²) >= 11 is 0. The average Bonchev–Trinajstić information content (AvgIpc) is 3.20. The molecule has 0 unspecified atom stereocenters. The van der Waals surface area contributed by atoms with Gasteiger partial charge >= 0.3 is 0 Å². The summed E-state index contributed by atoms with van der Waals surface area (Å²) in [6.45, 7) is -0.552. The molecule has 10 nitrogen and oxygen atoms in total. The van der Waals surface area contributed by atoms with Crippen molar-refractivity contribution in [2.45, 2.75) is 4.90 Å². The number of amides is 2. The maximum absolute atomic E-state index is 13.8. The van der Waals surface area contributed by atoms with Gasteiger partial charge in [0, 0.05) is 11.8 Å². The van der Waals surface area contributed by atoms with E-state index in [0.29, 0.717) is 34.1 Å². The van der Waals surface area contributed by atoms with E-state index in [9.17, 15) is 22.8 Å². The highest BCUT2D eigenvalue weighted by Crippen LogP contribution is 2.41. The molecule has 0 bridgehead atoms. The Morgan fingerprint density at radius 1 is 0.675 bits per heavy atom. The lowest BCUT2D eigenvalue weighted by Gasteiger charge is -2.15. The summed E-state index contributed by atoms with van der Waals surface area (Å²) in [5.74, 6) is -0.338. The number of benzene rings is 3. The van der Waals surface area contributed by atoms with Gasteiger partial charge in [-0.25, -0.2) is 8.42 Å². The lowest BCUT2D eigenvalue weighted by atomic mass is 9.95. The first-order valence-electron chi connectivity index (χ1n) is 11.9. The lowest BCUT2D eigenvalue weighted by Crippen LogP contribution is -2.36. The van der Waals surface area contributed by atoms with Gasteiger partial charge in [0.05, 0.1) is 51.0 Å². The van der Waals surface area contributed by atoms with Crippen molar-refractivity contribution in [1.82, 2.24) is 4.90 Å². The van der Waals surface area contributed by atoms with E-state index in [4.69, 9.17) is 18.9 Å². The zero-order chi connectivity index (χ0) is 29.2. The van der Waals surface area contributed by atoms with Crippen LogP contribution in [0.3, 0.4) is 0 Å². The minimum absolute atomic E-state index is 0.0468. The number of Topliss-reactive ketones (excluding diaryl/α,β-unsaturated/α-hetero) is 1. The van der Waals surface area contributed by atoms with Crippen molar-refractivity contribution in [1.29, 1.82) is 0 Å². The van der Waals surface area contributed by atoms with E-state index in [1.807, 2.05) is 0 Å². The first-order valence-corrected chi connectivity index (χ1v) is 13.8. The van der Waals surface area contributed by atoms with Gasteiger partial charge in [-0.1, -0.05) is 24.3 Å². The van der Waals surface area contributed by atoms with Crippen molar-refractivity contribution in [3.05, 3.63) is 77.4 Å². The van der Waals surface area contributed by atoms with E-state index in [1.165, 1.54) is 52.7 Å². The summed E-state index contributed by atoms with van der Waals surface area (Å²) in [6.07, 6.45) is 1.06. The smallest absolute Gasteiger partial charge is 0.262 e. The first-order chi connectivity index (χ1) is 19.0. The molecule has 0 radical (unpaired) electrons. The zero-order valence-electron chi connectivity index (χ0n) is 22.5. The number of sulfone groups is 1. The van der Waals surface area contributed by atoms with E-state index >= 15 is 0 Å². The number of methoxy groups -OCH3 is 4. The topological polar surface area (TPSA) is 126 Å². The van der Waals surface area contributed by atoms with Crippen LogP contribution >= 0.6 is 0 Å². The Morgan fingerprint density at radius 3 is 1.48 bits per heavy atom. The third-order valence-corrected chi connectivity index (χ3v) is 7.55. The largest absolute Gasteiger partial charge is 0.493 e. The number of hydrogen-bond donors (Lipinski definition) is 0. The van der Waals surface area contributed by atoms with Crippen LogP contribution in [0.4, 0.5) is 0 Å². The molecule has 1 heterocycles. The monoisotopic (exact) mass is 565 g/mol. The van der Waals surface area contributed by atoms with Gasteiger partial charge in [0.15, 0.2) is 38.6 Å². The summed E-state index contributed by atoms with van der Waals surface area (Å²) in [6, 6.07) is 14.9. The molecule has 40 heavy (non-hydrogen) atoms. The van der Waals surface area contributed by atoms with Crippen LogP contribution in [0.25, 0.3) is 11.1 Å². The fraction of sp³-hybridized carbons (Fsp3) is 0.207. The molecule has 3 aromatic rings. The highest BCUT2D eigenvalue weighted by atomic mass is 32.2. The van der Waals surface area contributed by atoms with Crippen molar-refractivity contribution < 1.29 is 41.7 Å². The van der Waals surface area contributed by atoms with Crippen molar-refractivity contribution in [3.63, 3.8) is 0 Å². The molecule has 11 heteroatoms. The van der Waals surface area contributed by atoms with Crippen LogP contribution in [0, 0.1) is 0 Å². The molecular weight excluding hydrogens is 538 g/mol. The Labute approximate surface area is 231 Å². The Balaban J connectivity index is 1.79. The van der Waals surface area contributed by atoms with E-state index in [1.54, 1.807) is 36.4 Å². The molecule has 1 aliphatic heterocycles. The van der Waals surface area contributed by atoms with Crippen LogP contribution in [0.5, 0.6) is 23.0 Å². The summed E-state index contributed by atoms with van der Waals surface area (Å²) in [5.41, 5.74) is 1.05. The molecule has 2 amide bonds. The molecule has 0 saturated heterocycles. The minimum atomic E-state index is -3.46. The quantitative estimate of drug-likeness (QED) is 0.269. The third-order valence-electron chi connectivity index (χ3n) is 6.42. The number of carbonyl (C=O) groups is 3. The Hall–Kier alpha value is -4.64. The SMILES string of the molecule is COc1ccc(C2=C(c3ccc(OC)c(OC)c3)C(=O)N(CC(=O)c3ccc(S(C)(=O)=O)cc3)C2=O)cc1OC. The molecule has 3 aromatic carbocycles. The standard InChI is InChI=1S/C29H27NO9S/c1-36-22-12-8-18(14-24(22)38-3)26-27(19-9-13-23(37-2)25(15-19)39-4)29(33)30(28(26)32)16-21(31)17-6-10-20(11-7-17)40(5,34)35/h6-15H,16H2,1-5H3. The molecule has 0 N–H and O–H groups in total. The maximum Gasteiger partial charge on any atom is 0.262 e. The van der Waals surface area contributed by atoms with E-state index < -0.39 is 34.0 Å². The van der Waals surface area contributed by atoms with Gasteiger partial charge < -0.3 is 18.9 Å². The van der Waals surface area contributed by atoms with Crippen LogP contribution in [-0.4, -0.2) is 72.2 Å². The van der Waals surface area contributed by atoms with Crippen LogP contribution in [0.2, 0.25) is 0 Å². The number of nitrogens with zero attached hydrogens (tertiary/aromatic N) is 1. The van der Waals surface area contributed by atoms with Crippen molar-refractivity contribution in [2.75, 3.05) is 41.2 Å². The van der Waals surface area contributed by atoms with Crippen LogP contribution < -0.4 is 18.9 Å². The van der Waals surface area contributed by atoms with Gasteiger partial charge in [-0.15, -0.1) is 0 Å². The van der Waals surface area contributed by atoms with Crippen LogP contribution in [-0.2, 0) is 19.4 Å². The van der Waals surface area contributed by atoms with Crippen molar-refractivity contribution in [2.24, 2.45) is 0 Å². The van der Waals surface area contributed by atoms with Gasteiger partial charge in [0.25, 0.3) is 11.8 Å². The molecule has 0 spiro atoms. The molecular formula is C29H27NO9S. The average molecular weight is 566 g/mol. The van der Waals surface area contributed by atoms with Gasteiger partial charge in [-0.2, -0.15) is 0 Å². The molecule has 4 rings (SSSR count). The van der Waals surface area contributed by atoms with E-state index in [2.05, 4.69) is 0 Å². The number of ether oxygens (including phenoxy) is 4. The molecule has 1 aliphatic rings. The summed E-state index contributed by atoms with van der Waals surface area (Å²) in [7, 11) is 2.40. The minimum Gasteiger partial charge on any atom is -0.493 e. The Kier molecular flexibility index (Phi) is 7.96. The fourth-order valence-corrected chi connectivity index (χ4v) is 4.99. The second kappa shape index (κ2) is 11.2. The molecule has 0 fully saturated rings. The first kappa shape index (κ1) is 28.4. The molecule has 208 valence electrons. The second-order valence-corrected chi connectivity index (χ2v) is 10.8. The second-order valence-electron chi connectivity index (χ2n) is 8.81. The number of imide groups is 1. The highest BCUT2D eigenvalue weighted by molar-refractivity contribution is 7.90. The predicted molar refractivity (Wildman–Crippen MR) is 147 cm³/mol.